The lowest BCUT2D eigenvalue weighted by Gasteiger charge is -2.30. The van der Waals surface area contributed by atoms with Crippen LogP contribution in [-0.4, -0.2) is 19.3 Å². The van der Waals surface area contributed by atoms with Gasteiger partial charge in [-0.3, -0.25) is 0 Å². The van der Waals surface area contributed by atoms with Crippen LogP contribution in [0, 0.1) is 5.92 Å². The predicted octanol–water partition coefficient (Wildman–Crippen LogP) is 1.29. The molecular formula is C9H15NO. The summed E-state index contributed by atoms with van der Waals surface area (Å²) in [5.41, 5.74) is 0. The second-order valence-corrected chi connectivity index (χ2v) is 3.47. The van der Waals surface area contributed by atoms with Crippen molar-refractivity contribution in [1.29, 1.82) is 0 Å². The SMILES string of the molecule is COC1CCC2C=CNC2C1. The predicted molar refractivity (Wildman–Crippen MR) is 44.2 cm³/mol. The minimum absolute atomic E-state index is 0.489. The summed E-state index contributed by atoms with van der Waals surface area (Å²) in [6.45, 7) is 0. The Morgan fingerprint density at radius 1 is 1.45 bits per heavy atom. The lowest BCUT2D eigenvalue weighted by atomic mass is 9.85. The lowest BCUT2D eigenvalue weighted by Crippen LogP contribution is -2.36. The molecule has 0 aromatic carbocycles. The van der Waals surface area contributed by atoms with Gasteiger partial charge < -0.3 is 10.1 Å². The van der Waals surface area contributed by atoms with Crippen molar-refractivity contribution in [2.24, 2.45) is 5.92 Å². The summed E-state index contributed by atoms with van der Waals surface area (Å²) in [5, 5.41) is 3.36. The quantitative estimate of drug-likeness (QED) is 0.613. The maximum atomic E-state index is 5.33. The number of fused-ring (bicyclic) bond motifs is 1. The van der Waals surface area contributed by atoms with Gasteiger partial charge in [0.2, 0.25) is 0 Å². The van der Waals surface area contributed by atoms with E-state index in [1.54, 1.807) is 0 Å². The molecule has 1 aliphatic carbocycles. The summed E-state index contributed by atoms with van der Waals surface area (Å²) >= 11 is 0. The van der Waals surface area contributed by atoms with E-state index >= 15 is 0 Å². The van der Waals surface area contributed by atoms with Crippen LogP contribution in [0.5, 0.6) is 0 Å². The van der Waals surface area contributed by atoms with Crippen LogP contribution in [0.15, 0.2) is 12.3 Å². The molecule has 1 saturated carbocycles. The van der Waals surface area contributed by atoms with E-state index in [1.807, 2.05) is 7.11 Å². The second-order valence-electron chi connectivity index (χ2n) is 3.47. The van der Waals surface area contributed by atoms with E-state index in [9.17, 15) is 0 Å². The van der Waals surface area contributed by atoms with Crippen LogP contribution in [0.4, 0.5) is 0 Å². The Morgan fingerprint density at radius 3 is 3.18 bits per heavy atom. The molecule has 0 amide bonds. The van der Waals surface area contributed by atoms with Crippen molar-refractivity contribution in [1.82, 2.24) is 5.32 Å². The normalized spacial score (nSPS) is 41.7. The summed E-state index contributed by atoms with van der Waals surface area (Å²) in [5.74, 6) is 0.779. The van der Waals surface area contributed by atoms with Crippen molar-refractivity contribution in [3.63, 3.8) is 0 Å². The minimum atomic E-state index is 0.489. The standard InChI is InChI=1S/C9H15NO/c1-11-8-3-2-7-4-5-10-9(7)6-8/h4-5,7-10H,2-3,6H2,1H3. The first-order valence-corrected chi connectivity index (χ1v) is 4.35. The molecule has 0 saturated heterocycles. The summed E-state index contributed by atoms with van der Waals surface area (Å²) in [4.78, 5) is 0. The molecule has 2 heteroatoms. The van der Waals surface area contributed by atoms with E-state index in [-0.39, 0.29) is 0 Å². The van der Waals surface area contributed by atoms with Crippen LogP contribution < -0.4 is 5.32 Å². The van der Waals surface area contributed by atoms with Crippen LogP contribution in [-0.2, 0) is 4.74 Å². The van der Waals surface area contributed by atoms with E-state index in [1.165, 1.54) is 19.3 Å². The first-order valence-electron chi connectivity index (χ1n) is 4.35. The van der Waals surface area contributed by atoms with Gasteiger partial charge in [-0.2, -0.15) is 0 Å². The van der Waals surface area contributed by atoms with Crippen LogP contribution in [0.3, 0.4) is 0 Å². The highest BCUT2D eigenvalue weighted by atomic mass is 16.5. The highest BCUT2D eigenvalue weighted by Crippen LogP contribution is 2.29. The number of methoxy groups -OCH3 is 1. The van der Waals surface area contributed by atoms with E-state index in [2.05, 4.69) is 17.6 Å². The Labute approximate surface area is 67.6 Å². The van der Waals surface area contributed by atoms with E-state index in [0.29, 0.717) is 12.1 Å². The first-order chi connectivity index (χ1) is 5.40. The molecule has 1 aliphatic heterocycles. The van der Waals surface area contributed by atoms with Crippen LogP contribution in [0.1, 0.15) is 19.3 Å². The van der Waals surface area contributed by atoms with Gasteiger partial charge in [0.1, 0.15) is 0 Å². The van der Waals surface area contributed by atoms with E-state index in [4.69, 9.17) is 4.74 Å². The van der Waals surface area contributed by atoms with Crippen molar-refractivity contribution in [3.8, 4) is 0 Å². The largest absolute Gasteiger partial charge is 0.388 e. The van der Waals surface area contributed by atoms with Gasteiger partial charge in [0.15, 0.2) is 0 Å². The number of hydrogen-bond acceptors (Lipinski definition) is 2. The molecule has 3 unspecified atom stereocenters. The van der Waals surface area contributed by atoms with Gasteiger partial charge in [-0.25, -0.2) is 0 Å². The number of hydrogen-bond donors (Lipinski definition) is 1. The third kappa shape index (κ3) is 1.27. The third-order valence-corrected chi connectivity index (χ3v) is 2.84. The maximum Gasteiger partial charge on any atom is 0.0591 e. The average Bonchev–Trinajstić information content (AvgIpc) is 2.50. The average molecular weight is 153 g/mol. The fourth-order valence-electron chi connectivity index (χ4n) is 2.09. The topological polar surface area (TPSA) is 21.3 Å². The van der Waals surface area contributed by atoms with Crippen LogP contribution in [0.25, 0.3) is 0 Å². The maximum absolute atomic E-state index is 5.33. The Morgan fingerprint density at radius 2 is 2.36 bits per heavy atom. The third-order valence-electron chi connectivity index (χ3n) is 2.84. The van der Waals surface area contributed by atoms with Crippen LogP contribution >= 0.6 is 0 Å². The van der Waals surface area contributed by atoms with Gasteiger partial charge in [-0.15, -0.1) is 0 Å². The summed E-state index contributed by atoms with van der Waals surface area (Å²) in [7, 11) is 1.81. The van der Waals surface area contributed by atoms with Crippen molar-refractivity contribution in [2.75, 3.05) is 7.11 Å². The van der Waals surface area contributed by atoms with Gasteiger partial charge in [0.25, 0.3) is 0 Å². The number of ether oxygens (including phenoxy) is 1. The fraction of sp³-hybridized carbons (Fsp3) is 0.778. The van der Waals surface area contributed by atoms with Crippen molar-refractivity contribution < 1.29 is 4.74 Å². The van der Waals surface area contributed by atoms with Gasteiger partial charge >= 0.3 is 0 Å². The van der Waals surface area contributed by atoms with Gasteiger partial charge in [-0.05, 0) is 31.4 Å². The first kappa shape index (κ1) is 7.17. The molecule has 11 heavy (non-hydrogen) atoms. The summed E-state index contributed by atoms with van der Waals surface area (Å²) in [6.07, 6.45) is 8.55. The molecule has 1 heterocycles. The van der Waals surface area contributed by atoms with Gasteiger partial charge in [0.05, 0.1) is 6.10 Å². The molecular weight excluding hydrogens is 138 g/mol. The summed E-state index contributed by atoms with van der Waals surface area (Å²) in [6, 6.07) is 0.661. The van der Waals surface area contributed by atoms with Crippen molar-refractivity contribution in [3.05, 3.63) is 12.3 Å². The Kier molecular flexibility index (Phi) is 1.86. The number of nitrogens with one attached hydrogen (secondary N) is 1. The Bertz CT molecular complexity index is 167. The molecule has 0 spiro atoms. The molecule has 0 aromatic heterocycles. The lowest BCUT2D eigenvalue weighted by molar-refractivity contribution is 0.0530. The van der Waals surface area contributed by atoms with Crippen molar-refractivity contribution >= 4 is 0 Å². The zero-order valence-electron chi connectivity index (χ0n) is 6.92. The molecule has 1 N–H and O–H groups in total. The Balaban J connectivity index is 1.94. The summed E-state index contributed by atoms with van der Waals surface area (Å²) < 4.78 is 5.33. The van der Waals surface area contributed by atoms with Gasteiger partial charge in [0, 0.05) is 13.2 Å². The van der Waals surface area contributed by atoms with Crippen molar-refractivity contribution in [2.45, 2.75) is 31.4 Å². The molecule has 62 valence electrons. The molecule has 3 atom stereocenters. The highest BCUT2D eigenvalue weighted by molar-refractivity contribution is 5.05. The zero-order chi connectivity index (χ0) is 7.68. The molecule has 0 bridgehead atoms. The monoisotopic (exact) mass is 153 g/mol. The molecule has 0 aromatic rings. The molecule has 2 rings (SSSR count). The Hall–Kier alpha value is -0.500. The molecule has 1 fully saturated rings. The van der Waals surface area contributed by atoms with Gasteiger partial charge in [-0.1, -0.05) is 6.08 Å². The second kappa shape index (κ2) is 2.86. The van der Waals surface area contributed by atoms with E-state index < -0.39 is 0 Å². The minimum Gasteiger partial charge on any atom is -0.388 e. The van der Waals surface area contributed by atoms with Crippen LogP contribution in [0.2, 0.25) is 0 Å². The van der Waals surface area contributed by atoms with E-state index in [0.717, 1.165) is 5.92 Å². The molecule has 2 nitrogen and oxygen atoms in total. The fourth-order valence-corrected chi connectivity index (χ4v) is 2.09. The molecule has 0 radical (unpaired) electrons. The highest BCUT2D eigenvalue weighted by Gasteiger charge is 2.30. The molecule has 2 aliphatic rings. The zero-order valence-corrected chi connectivity index (χ0v) is 6.92. The number of rotatable bonds is 1. The smallest absolute Gasteiger partial charge is 0.0591 e.